The molecule has 15 heavy (non-hydrogen) atoms. The summed E-state index contributed by atoms with van der Waals surface area (Å²) in [5.74, 6) is 0.0779. The van der Waals surface area contributed by atoms with Crippen LogP contribution in [0.3, 0.4) is 0 Å². The molecule has 0 radical (unpaired) electrons. The molecule has 0 N–H and O–H groups in total. The van der Waals surface area contributed by atoms with Crippen molar-refractivity contribution < 1.29 is 4.39 Å². The van der Waals surface area contributed by atoms with Gasteiger partial charge in [0.2, 0.25) is 0 Å². The Kier molecular flexibility index (Phi) is 2.39. The summed E-state index contributed by atoms with van der Waals surface area (Å²) in [6.07, 6.45) is 1.71. The normalized spacial score (nSPS) is 11.3. The molecule has 0 atom stereocenters. The van der Waals surface area contributed by atoms with Crippen LogP contribution in [0.25, 0.3) is 10.8 Å². The number of hydrogen-bond donors (Lipinski definition) is 0. The summed E-state index contributed by atoms with van der Waals surface area (Å²) in [5.41, 5.74) is 1.76. The molecule has 3 heteroatoms. The number of benzene rings is 1. The summed E-state index contributed by atoms with van der Waals surface area (Å²) in [6, 6.07) is 3.10. The smallest absolute Gasteiger partial charge is 0.124 e. The van der Waals surface area contributed by atoms with Gasteiger partial charge in [0, 0.05) is 10.8 Å². The number of halogens is 1. The predicted octanol–water partition coefficient (Wildman–Crippen LogP) is 3.20. The van der Waals surface area contributed by atoms with E-state index in [1.165, 1.54) is 6.07 Å². The van der Waals surface area contributed by atoms with E-state index in [1.807, 2.05) is 20.8 Å². The van der Waals surface area contributed by atoms with Crippen LogP contribution in [0.5, 0.6) is 0 Å². The third-order valence-corrected chi connectivity index (χ3v) is 2.58. The second-order valence-electron chi connectivity index (χ2n) is 4.04. The van der Waals surface area contributed by atoms with Gasteiger partial charge in [-0.2, -0.15) is 10.2 Å². The van der Waals surface area contributed by atoms with Gasteiger partial charge in [0.1, 0.15) is 5.82 Å². The molecule has 0 saturated heterocycles. The van der Waals surface area contributed by atoms with Crippen LogP contribution in [0.2, 0.25) is 0 Å². The molecule has 0 aliphatic carbocycles. The zero-order valence-corrected chi connectivity index (χ0v) is 9.08. The van der Waals surface area contributed by atoms with E-state index in [1.54, 1.807) is 12.3 Å². The molecular formula is C12H13FN2. The van der Waals surface area contributed by atoms with Gasteiger partial charge in [-0.25, -0.2) is 4.39 Å². The Labute approximate surface area is 88.1 Å². The Bertz CT molecular complexity index is 506. The van der Waals surface area contributed by atoms with E-state index in [9.17, 15) is 4.39 Å². The quantitative estimate of drug-likeness (QED) is 0.712. The first kappa shape index (κ1) is 10.0. The molecule has 0 unspecified atom stereocenters. The first-order valence-corrected chi connectivity index (χ1v) is 5.01. The minimum atomic E-state index is -0.206. The van der Waals surface area contributed by atoms with Crippen molar-refractivity contribution in [1.82, 2.24) is 10.2 Å². The highest BCUT2D eigenvalue weighted by Gasteiger charge is 2.09. The number of fused-ring (bicyclic) bond motifs is 1. The van der Waals surface area contributed by atoms with E-state index in [0.29, 0.717) is 0 Å². The van der Waals surface area contributed by atoms with E-state index < -0.39 is 0 Å². The van der Waals surface area contributed by atoms with Gasteiger partial charge in [-0.15, -0.1) is 0 Å². The van der Waals surface area contributed by atoms with E-state index in [-0.39, 0.29) is 11.7 Å². The molecule has 0 aliphatic heterocycles. The summed E-state index contributed by atoms with van der Waals surface area (Å²) in [4.78, 5) is 0. The standard InChI is InChI=1S/C12H13FN2/c1-7(2)10-4-9(13)5-11-8(3)15-14-6-12(10)11/h4-7H,1-3H3. The fourth-order valence-corrected chi connectivity index (χ4v) is 1.79. The lowest BCUT2D eigenvalue weighted by Gasteiger charge is -2.10. The van der Waals surface area contributed by atoms with Crippen molar-refractivity contribution in [2.45, 2.75) is 26.7 Å². The molecule has 78 valence electrons. The van der Waals surface area contributed by atoms with Crippen molar-refractivity contribution >= 4 is 10.8 Å². The molecule has 0 bridgehead atoms. The van der Waals surface area contributed by atoms with E-state index in [2.05, 4.69) is 10.2 Å². The molecule has 1 aromatic heterocycles. The van der Waals surface area contributed by atoms with Crippen LogP contribution in [0.1, 0.15) is 31.0 Å². The fourth-order valence-electron chi connectivity index (χ4n) is 1.79. The van der Waals surface area contributed by atoms with Crippen molar-refractivity contribution in [2.24, 2.45) is 0 Å². The molecule has 1 heterocycles. The molecule has 0 fully saturated rings. The Morgan fingerprint density at radius 2 is 1.93 bits per heavy atom. The highest BCUT2D eigenvalue weighted by molar-refractivity contribution is 5.87. The lowest BCUT2D eigenvalue weighted by Crippen LogP contribution is -1.96. The summed E-state index contributed by atoms with van der Waals surface area (Å²) in [6.45, 7) is 5.94. The van der Waals surface area contributed by atoms with Crippen LogP contribution >= 0.6 is 0 Å². The summed E-state index contributed by atoms with van der Waals surface area (Å²) in [5, 5.41) is 9.70. The monoisotopic (exact) mass is 204 g/mol. The van der Waals surface area contributed by atoms with Gasteiger partial charge < -0.3 is 0 Å². The number of nitrogens with zero attached hydrogens (tertiary/aromatic N) is 2. The molecular weight excluding hydrogens is 191 g/mol. The maximum Gasteiger partial charge on any atom is 0.124 e. The van der Waals surface area contributed by atoms with E-state index >= 15 is 0 Å². The lowest BCUT2D eigenvalue weighted by molar-refractivity contribution is 0.625. The average molecular weight is 204 g/mol. The first-order chi connectivity index (χ1) is 7.09. The zero-order chi connectivity index (χ0) is 11.0. The van der Waals surface area contributed by atoms with Gasteiger partial charge in [0.15, 0.2) is 0 Å². The van der Waals surface area contributed by atoms with Gasteiger partial charge in [-0.05, 0) is 30.5 Å². The second kappa shape index (κ2) is 3.57. The molecule has 2 rings (SSSR count). The van der Waals surface area contributed by atoms with Crippen molar-refractivity contribution in [3.05, 3.63) is 35.4 Å². The largest absolute Gasteiger partial charge is 0.207 e. The van der Waals surface area contributed by atoms with Crippen molar-refractivity contribution in [2.75, 3.05) is 0 Å². The van der Waals surface area contributed by atoms with Crippen LogP contribution in [-0.4, -0.2) is 10.2 Å². The van der Waals surface area contributed by atoms with Gasteiger partial charge in [0.25, 0.3) is 0 Å². The van der Waals surface area contributed by atoms with Crippen LogP contribution in [0, 0.1) is 12.7 Å². The van der Waals surface area contributed by atoms with Gasteiger partial charge in [0.05, 0.1) is 11.9 Å². The fraction of sp³-hybridized carbons (Fsp3) is 0.333. The summed E-state index contributed by atoms with van der Waals surface area (Å²) >= 11 is 0. The Morgan fingerprint density at radius 1 is 1.20 bits per heavy atom. The Hall–Kier alpha value is -1.51. The molecule has 1 aromatic carbocycles. The lowest BCUT2D eigenvalue weighted by atomic mass is 9.97. The first-order valence-electron chi connectivity index (χ1n) is 5.01. The number of rotatable bonds is 1. The van der Waals surface area contributed by atoms with Crippen LogP contribution in [0.15, 0.2) is 18.3 Å². The minimum absolute atomic E-state index is 0.206. The van der Waals surface area contributed by atoms with E-state index in [0.717, 1.165) is 22.0 Å². The van der Waals surface area contributed by atoms with Crippen LogP contribution < -0.4 is 0 Å². The third-order valence-electron chi connectivity index (χ3n) is 2.58. The summed E-state index contributed by atoms with van der Waals surface area (Å²) in [7, 11) is 0. The van der Waals surface area contributed by atoms with Crippen LogP contribution in [-0.2, 0) is 0 Å². The molecule has 0 spiro atoms. The number of aromatic nitrogens is 2. The third kappa shape index (κ3) is 1.69. The predicted molar refractivity (Wildman–Crippen MR) is 58.3 cm³/mol. The average Bonchev–Trinajstić information content (AvgIpc) is 2.18. The number of hydrogen-bond acceptors (Lipinski definition) is 2. The van der Waals surface area contributed by atoms with E-state index in [4.69, 9.17) is 0 Å². The molecule has 0 amide bonds. The highest BCUT2D eigenvalue weighted by Crippen LogP contribution is 2.26. The van der Waals surface area contributed by atoms with Crippen molar-refractivity contribution in [3.8, 4) is 0 Å². The highest BCUT2D eigenvalue weighted by atomic mass is 19.1. The summed E-state index contributed by atoms with van der Waals surface area (Å²) < 4.78 is 13.4. The molecule has 0 aliphatic rings. The van der Waals surface area contributed by atoms with Crippen LogP contribution in [0.4, 0.5) is 4.39 Å². The molecule has 2 aromatic rings. The number of aryl methyl sites for hydroxylation is 1. The van der Waals surface area contributed by atoms with Crippen molar-refractivity contribution in [3.63, 3.8) is 0 Å². The van der Waals surface area contributed by atoms with Gasteiger partial charge >= 0.3 is 0 Å². The van der Waals surface area contributed by atoms with Gasteiger partial charge in [-0.1, -0.05) is 13.8 Å². The SMILES string of the molecule is Cc1nncc2c(C(C)C)cc(F)cc12. The zero-order valence-electron chi connectivity index (χ0n) is 9.08. The second-order valence-corrected chi connectivity index (χ2v) is 4.04. The topological polar surface area (TPSA) is 25.8 Å². The van der Waals surface area contributed by atoms with Crippen molar-refractivity contribution in [1.29, 1.82) is 0 Å². The minimum Gasteiger partial charge on any atom is -0.207 e. The Balaban J connectivity index is 2.86. The molecule has 2 nitrogen and oxygen atoms in total. The maximum atomic E-state index is 13.4. The molecule has 0 saturated carbocycles. The Morgan fingerprint density at radius 3 is 2.60 bits per heavy atom. The van der Waals surface area contributed by atoms with Gasteiger partial charge in [-0.3, -0.25) is 0 Å². The maximum absolute atomic E-state index is 13.4.